The Hall–Kier alpha value is -2.58. The van der Waals surface area contributed by atoms with E-state index in [1.165, 1.54) is 0 Å². The maximum Gasteiger partial charge on any atom is 0.259 e. The van der Waals surface area contributed by atoms with Gasteiger partial charge in [-0.1, -0.05) is 18.2 Å². The molecule has 2 rings (SSSR count). The molecule has 0 unspecified atom stereocenters. The molecule has 0 aliphatic rings. The third-order valence-electron chi connectivity index (χ3n) is 3.94. The normalized spacial score (nSPS) is 11.9. The van der Waals surface area contributed by atoms with Crippen molar-refractivity contribution in [3.8, 4) is 6.07 Å². The summed E-state index contributed by atoms with van der Waals surface area (Å²) in [4.78, 5) is 13.5. The number of primary amides is 1. The minimum atomic E-state index is -0.698. The number of nitrogens with two attached hydrogens (primary N) is 1. The van der Waals surface area contributed by atoms with Crippen molar-refractivity contribution in [2.45, 2.75) is 19.9 Å². The average Bonchev–Trinajstić information content (AvgIpc) is 2.77. The summed E-state index contributed by atoms with van der Waals surface area (Å²) in [6.07, 6.45) is 2.62. The molecule has 5 heteroatoms. The number of amides is 1. The zero-order chi connectivity index (χ0) is 17.0. The van der Waals surface area contributed by atoms with Crippen molar-refractivity contribution < 1.29 is 4.79 Å². The van der Waals surface area contributed by atoms with Gasteiger partial charge in [0.25, 0.3) is 5.91 Å². The summed E-state index contributed by atoms with van der Waals surface area (Å²) in [7, 11) is 4.11. The fraction of sp³-hybridized carbons (Fsp3) is 0.333. The Morgan fingerprint density at radius 2 is 2.09 bits per heavy atom. The monoisotopic (exact) mass is 310 g/mol. The molecule has 23 heavy (non-hydrogen) atoms. The van der Waals surface area contributed by atoms with Crippen LogP contribution in [0, 0.1) is 18.3 Å². The number of rotatable bonds is 6. The third kappa shape index (κ3) is 3.61. The van der Waals surface area contributed by atoms with Crippen molar-refractivity contribution >= 4 is 22.9 Å². The molecule has 0 saturated heterocycles. The van der Waals surface area contributed by atoms with Crippen LogP contribution in [0.2, 0.25) is 0 Å². The highest BCUT2D eigenvalue weighted by Crippen LogP contribution is 2.28. The average molecular weight is 310 g/mol. The summed E-state index contributed by atoms with van der Waals surface area (Å²) < 4.78 is 2.24. The number of hydrogen-bond donors (Lipinski definition) is 1. The predicted molar refractivity (Wildman–Crippen MR) is 92.6 cm³/mol. The Labute approximate surface area is 136 Å². The largest absolute Gasteiger partial charge is 0.365 e. The molecule has 120 valence electrons. The Kier molecular flexibility index (Phi) is 5.20. The van der Waals surface area contributed by atoms with Gasteiger partial charge in [0.1, 0.15) is 11.6 Å². The molecule has 0 aliphatic heterocycles. The molecule has 2 N–H and O–H groups in total. The molecule has 1 aromatic heterocycles. The molecule has 0 saturated carbocycles. The number of para-hydroxylation sites is 1. The fourth-order valence-corrected chi connectivity index (χ4v) is 2.78. The van der Waals surface area contributed by atoms with Crippen LogP contribution in [0.4, 0.5) is 0 Å². The molecular weight excluding hydrogens is 288 g/mol. The highest BCUT2D eigenvalue weighted by atomic mass is 16.1. The standard InChI is InChI=1S/C18H22N4O/c1-13-16(11-14(12-19)18(20)23)15-7-4-5-8-17(15)22(13)10-6-9-21(2)3/h4-5,7-8,11H,6,9-10H2,1-3H3,(H2,20,23)/b14-11+. The van der Waals surface area contributed by atoms with E-state index >= 15 is 0 Å². The molecule has 0 spiro atoms. The Bertz CT molecular complexity index is 793. The van der Waals surface area contributed by atoms with E-state index in [-0.39, 0.29) is 5.57 Å². The van der Waals surface area contributed by atoms with E-state index in [1.807, 2.05) is 31.2 Å². The van der Waals surface area contributed by atoms with Gasteiger partial charge in [-0.2, -0.15) is 5.26 Å². The van der Waals surface area contributed by atoms with Crippen LogP contribution < -0.4 is 5.73 Å². The topological polar surface area (TPSA) is 75.0 Å². The van der Waals surface area contributed by atoms with E-state index in [0.717, 1.165) is 41.7 Å². The predicted octanol–water partition coefficient (Wildman–Crippen LogP) is 2.29. The first-order chi connectivity index (χ1) is 11.0. The third-order valence-corrected chi connectivity index (χ3v) is 3.94. The van der Waals surface area contributed by atoms with Crippen LogP contribution in [0.5, 0.6) is 0 Å². The summed E-state index contributed by atoms with van der Waals surface area (Å²) in [5.74, 6) is -0.698. The SMILES string of the molecule is Cc1c(/C=C(\C#N)C(N)=O)c2ccccc2n1CCCN(C)C. The quantitative estimate of drug-likeness (QED) is 0.657. The molecule has 0 aliphatic carbocycles. The van der Waals surface area contributed by atoms with E-state index in [9.17, 15) is 4.79 Å². The lowest BCUT2D eigenvalue weighted by molar-refractivity contribution is -0.114. The van der Waals surface area contributed by atoms with E-state index < -0.39 is 5.91 Å². The van der Waals surface area contributed by atoms with Gasteiger partial charge < -0.3 is 15.2 Å². The van der Waals surface area contributed by atoms with Crippen LogP contribution in [-0.4, -0.2) is 36.0 Å². The summed E-state index contributed by atoms with van der Waals surface area (Å²) in [6.45, 7) is 3.90. The van der Waals surface area contributed by atoms with Gasteiger partial charge in [-0.25, -0.2) is 0 Å². The molecule has 1 heterocycles. The van der Waals surface area contributed by atoms with Gasteiger partial charge in [-0.05, 0) is 46.1 Å². The van der Waals surface area contributed by atoms with E-state index in [0.29, 0.717) is 0 Å². The van der Waals surface area contributed by atoms with Crippen LogP contribution in [0.3, 0.4) is 0 Å². The van der Waals surface area contributed by atoms with Crippen LogP contribution in [0.1, 0.15) is 17.7 Å². The number of benzene rings is 1. The maximum absolute atomic E-state index is 11.4. The lowest BCUT2D eigenvalue weighted by Crippen LogP contribution is -2.15. The van der Waals surface area contributed by atoms with Crippen molar-refractivity contribution in [2.75, 3.05) is 20.6 Å². The molecule has 0 atom stereocenters. The highest BCUT2D eigenvalue weighted by molar-refractivity contribution is 6.03. The molecule has 0 bridgehead atoms. The van der Waals surface area contributed by atoms with E-state index in [1.54, 1.807) is 6.08 Å². The number of carbonyl (C=O) groups excluding carboxylic acids is 1. The first kappa shape index (κ1) is 16.8. The van der Waals surface area contributed by atoms with Crippen molar-refractivity contribution in [3.63, 3.8) is 0 Å². The second-order valence-corrected chi connectivity index (χ2v) is 5.86. The lowest BCUT2D eigenvalue weighted by Gasteiger charge is -2.12. The first-order valence-electron chi connectivity index (χ1n) is 7.60. The molecule has 0 fully saturated rings. The summed E-state index contributed by atoms with van der Waals surface area (Å²) >= 11 is 0. The number of carbonyl (C=O) groups is 1. The van der Waals surface area contributed by atoms with E-state index in [4.69, 9.17) is 11.0 Å². The first-order valence-corrected chi connectivity index (χ1v) is 7.60. The number of nitrogens with zero attached hydrogens (tertiary/aromatic N) is 3. The summed E-state index contributed by atoms with van der Waals surface area (Å²) in [6, 6.07) is 9.90. The molecule has 1 aromatic carbocycles. The number of aryl methyl sites for hydroxylation is 1. The fourth-order valence-electron chi connectivity index (χ4n) is 2.78. The van der Waals surface area contributed by atoms with E-state index in [2.05, 4.69) is 29.6 Å². The number of hydrogen-bond acceptors (Lipinski definition) is 3. The highest BCUT2D eigenvalue weighted by Gasteiger charge is 2.14. The second-order valence-electron chi connectivity index (χ2n) is 5.86. The van der Waals surface area contributed by atoms with Gasteiger partial charge >= 0.3 is 0 Å². The van der Waals surface area contributed by atoms with Crippen molar-refractivity contribution in [3.05, 3.63) is 41.1 Å². The smallest absolute Gasteiger partial charge is 0.259 e. The van der Waals surface area contributed by atoms with Crippen LogP contribution in [-0.2, 0) is 11.3 Å². The summed E-state index contributed by atoms with van der Waals surface area (Å²) in [5.41, 5.74) is 8.28. The maximum atomic E-state index is 11.4. The van der Waals surface area contributed by atoms with Crippen molar-refractivity contribution in [1.29, 1.82) is 5.26 Å². The van der Waals surface area contributed by atoms with Crippen LogP contribution in [0.15, 0.2) is 29.8 Å². The van der Waals surface area contributed by atoms with Gasteiger partial charge in [-0.3, -0.25) is 4.79 Å². The minimum absolute atomic E-state index is 0.0238. The Balaban J connectivity index is 2.52. The lowest BCUT2D eigenvalue weighted by atomic mass is 10.1. The molecule has 2 aromatic rings. The van der Waals surface area contributed by atoms with Crippen molar-refractivity contribution in [2.24, 2.45) is 5.73 Å². The zero-order valence-corrected chi connectivity index (χ0v) is 13.8. The van der Waals surface area contributed by atoms with Crippen LogP contribution >= 0.6 is 0 Å². The van der Waals surface area contributed by atoms with Gasteiger partial charge in [0.05, 0.1) is 0 Å². The molecule has 5 nitrogen and oxygen atoms in total. The molecule has 0 radical (unpaired) electrons. The number of nitriles is 1. The Morgan fingerprint density at radius 3 is 2.70 bits per heavy atom. The van der Waals surface area contributed by atoms with Crippen LogP contribution in [0.25, 0.3) is 17.0 Å². The van der Waals surface area contributed by atoms with Gasteiger partial charge in [-0.15, -0.1) is 0 Å². The van der Waals surface area contributed by atoms with Gasteiger partial charge in [0, 0.05) is 28.7 Å². The minimum Gasteiger partial charge on any atom is -0.365 e. The number of aromatic nitrogens is 1. The molecular formula is C18H22N4O. The second kappa shape index (κ2) is 7.12. The van der Waals surface area contributed by atoms with Gasteiger partial charge in [0.15, 0.2) is 0 Å². The van der Waals surface area contributed by atoms with Crippen molar-refractivity contribution in [1.82, 2.24) is 9.47 Å². The molecule has 1 amide bonds. The zero-order valence-electron chi connectivity index (χ0n) is 13.8. The Morgan fingerprint density at radius 1 is 1.39 bits per heavy atom. The summed E-state index contributed by atoms with van der Waals surface area (Å²) in [5, 5.41) is 10.1. The van der Waals surface area contributed by atoms with Gasteiger partial charge in [0.2, 0.25) is 0 Å². The number of fused-ring (bicyclic) bond motifs is 1.